The highest BCUT2D eigenvalue weighted by molar-refractivity contribution is 5.73. The molecule has 0 aromatic carbocycles. The molecule has 1 aliphatic rings. The first kappa shape index (κ1) is 15.5. The molecule has 5 nitrogen and oxygen atoms in total. The Morgan fingerprint density at radius 1 is 1.37 bits per heavy atom. The first-order valence-electron chi connectivity index (χ1n) is 6.58. The second-order valence-corrected chi connectivity index (χ2v) is 5.17. The van der Waals surface area contributed by atoms with Gasteiger partial charge in [0, 0.05) is 45.4 Å². The van der Waals surface area contributed by atoms with Crippen LogP contribution in [0.1, 0.15) is 20.8 Å². The number of amides is 2. The van der Waals surface area contributed by atoms with Crippen molar-refractivity contribution in [3.63, 3.8) is 0 Å². The number of carbonyl (C=O) groups excluding carboxylic acids is 2. The van der Waals surface area contributed by atoms with Crippen LogP contribution >= 0.6 is 0 Å². The van der Waals surface area contributed by atoms with Gasteiger partial charge in [-0.25, -0.2) is 4.79 Å². The quantitative estimate of drug-likeness (QED) is 0.733. The zero-order valence-corrected chi connectivity index (χ0v) is 12.5. The third-order valence-corrected chi connectivity index (χ3v) is 3.96. The number of rotatable bonds is 3. The smallest absolute Gasteiger partial charge is 0.409 e. The van der Waals surface area contributed by atoms with E-state index >= 15 is 0 Å². The van der Waals surface area contributed by atoms with Gasteiger partial charge in [-0.15, -0.1) is 0 Å². The number of hydrogen-bond donors (Lipinski definition) is 0. The average molecular weight is 268 g/mol. The molecule has 1 aliphatic heterocycles. The Morgan fingerprint density at radius 2 is 2.00 bits per heavy atom. The lowest BCUT2D eigenvalue weighted by Crippen LogP contribution is -2.34. The van der Waals surface area contributed by atoms with Crippen molar-refractivity contribution in [3.05, 3.63) is 11.6 Å². The summed E-state index contributed by atoms with van der Waals surface area (Å²) in [5.74, 6) is 0.614. The van der Waals surface area contributed by atoms with Crippen molar-refractivity contribution in [2.75, 3.05) is 33.8 Å². The molecule has 0 N–H and O–H groups in total. The van der Waals surface area contributed by atoms with E-state index in [1.54, 1.807) is 23.8 Å². The number of nitrogens with zero attached hydrogens (tertiary/aromatic N) is 2. The van der Waals surface area contributed by atoms with Crippen molar-refractivity contribution in [1.82, 2.24) is 9.80 Å². The van der Waals surface area contributed by atoms with Crippen LogP contribution < -0.4 is 0 Å². The van der Waals surface area contributed by atoms with Crippen LogP contribution in [0.4, 0.5) is 4.79 Å². The molecule has 0 aromatic heterocycles. The molecule has 1 heterocycles. The summed E-state index contributed by atoms with van der Waals surface area (Å²) in [6, 6.07) is 0. The molecule has 0 bridgehead atoms. The van der Waals surface area contributed by atoms with Crippen LogP contribution in [-0.4, -0.2) is 55.6 Å². The van der Waals surface area contributed by atoms with Gasteiger partial charge in [-0.1, -0.05) is 11.6 Å². The Labute approximate surface area is 115 Å². The SMILES string of the molecule is CC=C(C)C1CN(C(=O)OC)CC1CN(C)C(C)=O. The zero-order chi connectivity index (χ0) is 14.6. The van der Waals surface area contributed by atoms with Crippen LogP contribution in [0.25, 0.3) is 0 Å². The zero-order valence-electron chi connectivity index (χ0n) is 12.5. The van der Waals surface area contributed by atoms with E-state index in [-0.39, 0.29) is 17.9 Å². The van der Waals surface area contributed by atoms with E-state index in [1.165, 1.54) is 12.7 Å². The monoisotopic (exact) mass is 268 g/mol. The van der Waals surface area contributed by atoms with Gasteiger partial charge in [-0.05, 0) is 13.8 Å². The Morgan fingerprint density at radius 3 is 2.47 bits per heavy atom. The van der Waals surface area contributed by atoms with E-state index in [0.29, 0.717) is 25.6 Å². The molecule has 2 unspecified atom stereocenters. The molecule has 5 heteroatoms. The largest absolute Gasteiger partial charge is 0.453 e. The van der Waals surface area contributed by atoms with Crippen molar-refractivity contribution in [2.24, 2.45) is 11.8 Å². The maximum absolute atomic E-state index is 11.6. The van der Waals surface area contributed by atoms with E-state index in [2.05, 4.69) is 13.0 Å². The lowest BCUT2D eigenvalue weighted by atomic mass is 9.89. The van der Waals surface area contributed by atoms with Gasteiger partial charge in [0.1, 0.15) is 0 Å². The number of allylic oxidation sites excluding steroid dienone is 1. The van der Waals surface area contributed by atoms with Crippen molar-refractivity contribution in [1.29, 1.82) is 0 Å². The van der Waals surface area contributed by atoms with Crippen LogP contribution in [0, 0.1) is 11.8 Å². The molecule has 1 fully saturated rings. The van der Waals surface area contributed by atoms with Gasteiger partial charge < -0.3 is 14.5 Å². The molecule has 0 aliphatic carbocycles. The first-order valence-corrected chi connectivity index (χ1v) is 6.58. The van der Waals surface area contributed by atoms with E-state index in [1.807, 2.05) is 6.92 Å². The fourth-order valence-corrected chi connectivity index (χ4v) is 2.54. The summed E-state index contributed by atoms with van der Waals surface area (Å²) >= 11 is 0. The molecule has 1 saturated heterocycles. The third-order valence-electron chi connectivity index (χ3n) is 3.96. The van der Waals surface area contributed by atoms with Crippen LogP contribution in [0.5, 0.6) is 0 Å². The molecule has 2 amide bonds. The summed E-state index contributed by atoms with van der Waals surface area (Å²) in [6.07, 6.45) is 1.79. The normalized spacial score (nSPS) is 23.4. The highest BCUT2D eigenvalue weighted by atomic mass is 16.5. The topological polar surface area (TPSA) is 49.9 Å². The highest BCUT2D eigenvalue weighted by Gasteiger charge is 2.37. The fourth-order valence-electron chi connectivity index (χ4n) is 2.54. The second kappa shape index (κ2) is 6.59. The van der Waals surface area contributed by atoms with Crippen LogP contribution in [0.15, 0.2) is 11.6 Å². The van der Waals surface area contributed by atoms with Crippen molar-refractivity contribution in [3.8, 4) is 0 Å². The van der Waals surface area contributed by atoms with Gasteiger partial charge >= 0.3 is 6.09 Å². The number of carbonyl (C=O) groups is 2. The number of likely N-dealkylation sites (tertiary alicyclic amines) is 1. The minimum atomic E-state index is -0.290. The maximum Gasteiger partial charge on any atom is 0.409 e. The molecule has 0 aromatic rings. The van der Waals surface area contributed by atoms with Crippen molar-refractivity contribution in [2.45, 2.75) is 20.8 Å². The van der Waals surface area contributed by atoms with Crippen molar-refractivity contribution >= 4 is 12.0 Å². The van der Waals surface area contributed by atoms with Crippen LogP contribution in [0.2, 0.25) is 0 Å². The van der Waals surface area contributed by atoms with Gasteiger partial charge in [0.15, 0.2) is 0 Å². The Hall–Kier alpha value is -1.52. The number of methoxy groups -OCH3 is 1. The number of ether oxygens (including phenoxy) is 1. The van der Waals surface area contributed by atoms with E-state index < -0.39 is 0 Å². The van der Waals surface area contributed by atoms with Crippen molar-refractivity contribution < 1.29 is 14.3 Å². The summed E-state index contributed by atoms with van der Waals surface area (Å²) in [5, 5.41) is 0. The molecule has 1 rings (SSSR count). The summed E-state index contributed by atoms with van der Waals surface area (Å²) in [4.78, 5) is 26.4. The van der Waals surface area contributed by atoms with E-state index in [4.69, 9.17) is 4.74 Å². The number of hydrogen-bond acceptors (Lipinski definition) is 3. The molecule has 2 atom stereocenters. The van der Waals surface area contributed by atoms with Gasteiger partial charge in [0.2, 0.25) is 5.91 Å². The maximum atomic E-state index is 11.6. The van der Waals surface area contributed by atoms with Crippen LogP contribution in [-0.2, 0) is 9.53 Å². The summed E-state index contributed by atoms with van der Waals surface area (Å²) in [5.41, 5.74) is 1.26. The standard InChI is InChI=1S/C14H24N2O3/c1-6-10(2)13-9-16(14(18)19-5)8-12(13)7-15(4)11(3)17/h6,12-13H,7-9H2,1-5H3. The van der Waals surface area contributed by atoms with Gasteiger partial charge in [0.05, 0.1) is 7.11 Å². The lowest BCUT2D eigenvalue weighted by Gasteiger charge is -2.24. The minimum Gasteiger partial charge on any atom is -0.453 e. The molecule has 0 saturated carbocycles. The predicted molar refractivity (Wildman–Crippen MR) is 73.7 cm³/mol. The Bertz CT molecular complexity index is 379. The van der Waals surface area contributed by atoms with E-state index in [9.17, 15) is 9.59 Å². The predicted octanol–water partition coefficient (Wildman–Crippen LogP) is 1.75. The second-order valence-electron chi connectivity index (χ2n) is 5.17. The molecule has 0 radical (unpaired) electrons. The third kappa shape index (κ3) is 3.72. The Balaban J connectivity index is 2.80. The molecular formula is C14H24N2O3. The van der Waals surface area contributed by atoms with Gasteiger partial charge in [-0.2, -0.15) is 0 Å². The Kier molecular flexibility index (Phi) is 5.39. The van der Waals surface area contributed by atoms with Gasteiger partial charge in [-0.3, -0.25) is 4.79 Å². The fraction of sp³-hybridized carbons (Fsp3) is 0.714. The van der Waals surface area contributed by atoms with Crippen LogP contribution in [0.3, 0.4) is 0 Å². The minimum absolute atomic E-state index is 0.0494. The van der Waals surface area contributed by atoms with Gasteiger partial charge in [0.25, 0.3) is 0 Å². The average Bonchev–Trinajstić information content (AvgIpc) is 2.80. The lowest BCUT2D eigenvalue weighted by molar-refractivity contribution is -0.128. The summed E-state index contributed by atoms with van der Waals surface area (Å²) in [6.45, 7) is 7.61. The first-order chi connectivity index (χ1) is 8.90. The highest BCUT2D eigenvalue weighted by Crippen LogP contribution is 2.30. The summed E-state index contributed by atoms with van der Waals surface area (Å²) < 4.78 is 4.78. The molecule has 0 spiro atoms. The summed E-state index contributed by atoms with van der Waals surface area (Å²) in [7, 11) is 3.19. The molecule has 19 heavy (non-hydrogen) atoms. The molecular weight excluding hydrogens is 244 g/mol. The molecule has 108 valence electrons. The van der Waals surface area contributed by atoms with E-state index in [0.717, 1.165) is 0 Å².